The average molecular weight is 467 g/mol. The van der Waals surface area contributed by atoms with Gasteiger partial charge in [-0.1, -0.05) is 6.07 Å². The number of aryl methyl sites for hydroxylation is 1. The van der Waals surface area contributed by atoms with E-state index in [4.69, 9.17) is 14.7 Å². The van der Waals surface area contributed by atoms with Crippen LogP contribution in [0.5, 0.6) is 0 Å². The van der Waals surface area contributed by atoms with Crippen LogP contribution in [-0.2, 0) is 17.7 Å². The number of anilines is 2. The Morgan fingerprint density at radius 1 is 1.03 bits per heavy atom. The highest BCUT2D eigenvalue weighted by Crippen LogP contribution is 2.32. The molecule has 3 aliphatic heterocycles. The number of fused-ring (bicyclic) bond motifs is 1. The maximum atomic E-state index is 13.3. The highest BCUT2D eigenvalue weighted by molar-refractivity contribution is 5.95. The van der Waals surface area contributed by atoms with E-state index in [-0.39, 0.29) is 11.6 Å². The lowest BCUT2D eigenvalue weighted by Gasteiger charge is -2.36. The molecule has 0 atom stereocenters. The molecular formula is C24H30N6O4. The Hall–Kier alpha value is -3.27. The number of amides is 1. The van der Waals surface area contributed by atoms with Crippen molar-refractivity contribution in [1.82, 2.24) is 14.9 Å². The number of carbonyl (C=O) groups excluding carboxylic acids is 1. The third-order valence-electron chi connectivity index (χ3n) is 6.92. The van der Waals surface area contributed by atoms with Gasteiger partial charge in [0.2, 0.25) is 5.95 Å². The average Bonchev–Trinajstić information content (AvgIpc) is 2.88. The number of hydrogen-bond donors (Lipinski definition) is 0. The second-order valence-corrected chi connectivity index (χ2v) is 9.15. The smallest absolute Gasteiger partial charge is 0.273 e. The summed E-state index contributed by atoms with van der Waals surface area (Å²) in [4.78, 5) is 40.5. The van der Waals surface area contributed by atoms with Gasteiger partial charge in [-0.2, -0.15) is 4.98 Å². The van der Waals surface area contributed by atoms with Crippen LogP contribution in [0.25, 0.3) is 0 Å². The largest absolute Gasteiger partial charge is 0.378 e. The molecule has 0 N–H and O–H groups in total. The molecule has 0 radical (unpaired) electrons. The Morgan fingerprint density at radius 3 is 2.53 bits per heavy atom. The van der Waals surface area contributed by atoms with Gasteiger partial charge in [0.05, 0.1) is 30.4 Å². The molecule has 1 aromatic heterocycles. The summed E-state index contributed by atoms with van der Waals surface area (Å²) in [6.07, 6.45) is 4.11. The normalized spacial score (nSPS) is 18.6. The quantitative estimate of drug-likeness (QED) is 0.500. The third kappa shape index (κ3) is 4.42. The number of rotatable bonds is 4. The van der Waals surface area contributed by atoms with Gasteiger partial charge in [0.15, 0.2) is 0 Å². The Balaban J connectivity index is 1.46. The first-order valence-corrected chi connectivity index (χ1v) is 12.0. The maximum Gasteiger partial charge on any atom is 0.273 e. The minimum Gasteiger partial charge on any atom is -0.378 e. The van der Waals surface area contributed by atoms with Gasteiger partial charge in [-0.3, -0.25) is 14.9 Å². The molecule has 10 nitrogen and oxygen atoms in total. The van der Waals surface area contributed by atoms with Crippen LogP contribution in [0, 0.1) is 17.0 Å². The van der Waals surface area contributed by atoms with Crippen LogP contribution >= 0.6 is 0 Å². The summed E-state index contributed by atoms with van der Waals surface area (Å²) in [5.41, 5.74) is 2.85. The first-order chi connectivity index (χ1) is 16.5. The van der Waals surface area contributed by atoms with Crippen LogP contribution in [0.15, 0.2) is 18.2 Å². The lowest BCUT2D eigenvalue weighted by atomic mass is 10.0. The summed E-state index contributed by atoms with van der Waals surface area (Å²) >= 11 is 0. The zero-order chi connectivity index (χ0) is 23.7. The number of nitrogens with zero attached hydrogens (tertiary/aromatic N) is 6. The van der Waals surface area contributed by atoms with E-state index < -0.39 is 4.92 Å². The van der Waals surface area contributed by atoms with Crippen molar-refractivity contribution in [2.75, 3.05) is 55.7 Å². The zero-order valence-electron chi connectivity index (χ0n) is 19.5. The molecule has 10 heteroatoms. The standard InChI is InChI=1S/C24H30N6O4/c1-17-5-6-18(15-21(17)30(32)33)23(31)29-10-7-20-19(16-29)22(27-8-3-2-4-9-27)26-24(25-20)28-11-13-34-14-12-28/h5-6,15H,2-4,7-14,16H2,1H3. The first-order valence-electron chi connectivity index (χ1n) is 12.0. The second kappa shape index (κ2) is 9.54. The van der Waals surface area contributed by atoms with Gasteiger partial charge in [-0.25, -0.2) is 4.98 Å². The van der Waals surface area contributed by atoms with Crippen LogP contribution in [0.2, 0.25) is 0 Å². The van der Waals surface area contributed by atoms with Crippen LogP contribution in [0.1, 0.15) is 46.4 Å². The summed E-state index contributed by atoms with van der Waals surface area (Å²) < 4.78 is 5.50. The topological polar surface area (TPSA) is 105 Å². The van der Waals surface area contributed by atoms with E-state index in [0.717, 1.165) is 62.0 Å². The molecule has 1 aromatic carbocycles. The lowest BCUT2D eigenvalue weighted by Crippen LogP contribution is -2.41. The molecule has 2 fully saturated rings. The molecule has 34 heavy (non-hydrogen) atoms. The van der Waals surface area contributed by atoms with E-state index in [1.54, 1.807) is 24.0 Å². The number of carbonyl (C=O) groups is 1. The fourth-order valence-electron chi connectivity index (χ4n) is 4.95. The van der Waals surface area contributed by atoms with E-state index >= 15 is 0 Å². The number of hydrogen-bond acceptors (Lipinski definition) is 8. The molecule has 2 aromatic rings. The zero-order valence-corrected chi connectivity index (χ0v) is 19.5. The molecule has 2 saturated heterocycles. The van der Waals surface area contributed by atoms with Gasteiger partial charge in [0.1, 0.15) is 5.82 Å². The van der Waals surface area contributed by atoms with E-state index in [2.05, 4.69) is 9.80 Å². The third-order valence-corrected chi connectivity index (χ3v) is 6.92. The summed E-state index contributed by atoms with van der Waals surface area (Å²) in [5.74, 6) is 1.48. The minimum atomic E-state index is -0.437. The number of piperidine rings is 1. The Labute approximate surface area is 198 Å². The van der Waals surface area contributed by atoms with E-state index in [1.165, 1.54) is 12.5 Å². The molecule has 1 amide bonds. The number of ether oxygens (including phenoxy) is 1. The Kier molecular flexibility index (Phi) is 6.32. The fourth-order valence-corrected chi connectivity index (χ4v) is 4.95. The van der Waals surface area contributed by atoms with Gasteiger partial charge < -0.3 is 19.4 Å². The lowest BCUT2D eigenvalue weighted by molar-refractivity contribution is -0.385. The number of aromatic nitrogens is 2. The highest BCUT2D eigenvalue weighted by atomic mass is 16.6. The molecular weight excluding hydrogens is 436 g/mol. The van der Waals surface area contributed by atoms with Gasteiger partial charge in [0, 0.05) is 61.9 Å². The SMILES string of the molecule is Cc1ccc(C(=O)N2CCc3nc(N4CCOCC4)nc(N4CCCCC4)c3C2)cc1[N+](=O)[O-]. The number of nitro groups is 1. The maximum absolute atomic E-state index is 13.3. The minimum absolute atomic E-state index is 0.0317. The summed E-state index contributed by atoms with van der Waals surface area (Å²) in [6, 6.07) is 4.70. The van der Waals surface area contributed by atoms with Crippen molar-refractivity contribution in [2.24, 2.45) is 0 Å². The summed E-state index contributed by atoms with van der Waals surface area (Å²) in [5, 5.41) is 11.4. The van der Waals surface area contributed by atoms with Crippen molar-refractivity contribution in [3.05, 3.63) is 50.7 Å². The first kappa shape index (κ1) is 22.5. The second-order valence-electron chi connectivity index (χ2n) is 9.15. The Bertz CT molecular complexity index is 1100. The van der Waals surface area contributed by atoms with Crippen molar-refractivity contribution in [3.63, 3.8) is 0 Å². The van der Waals surface area contributed by atoms with Crippen molar-refractivity contribution in [2.45, 2.75) is 39.2 Å². The summed E-state index contributed by atoms with van der Waals surface area (Å²) in [7, 11) is 0. The number of morpholine rings is 1. The predicted octanol–water partition coefficient (Wildman–Crippen LogP) is 2.72. The molecule has 5 rings (SSSR count). The van der Waals surface area contributed by atoms with Crippen LogP contribution in [-0.4, -0.2) is 71.6 Å². The fraction of sp³-hybridized carbons (Fsp3) is 0.542. The van der Waals surface area contributed by atoms with E-state index in [1.807, 2.05) is 0 Å². The van der Waals surface area contributed by atoms with Gasteiger partial charge in [0.25, 0.3) is 11.6 Å². The van der Waals surface area contributed by atoms with Crippen LogP contribution in [0.4, 0.5) is 17.5 Å². The van der Waals surface area contributed by atoms with Crippen molar-refractivity contribution in [1.29, 1.82) is 0 Å². The van der Waals surface area contributed by atoms with E-state index in [0.29, 0.717) is 43.9 Å². The molecule has 180 valence electrons. The van der Waals surface area contributed by atoms with Gasteiger partial charge in [-0.15, -0.1) is 0 Å². The summed E-state index contributed by atoms with van der Waals surface area (Å²) in [6.45, 7) is 7.39. The molecule has 0 bridgehead atoms. The highest BCUT2D eigenvalue weighted by Gasteiger charge is 2.30. The van der Waals surface area contributed by atoms with Crippen LogP contribution < -0.4 is 9.80 Å². The van der Waals surface area contributed by atoms with Crippen molar-refractivity contribution < 1.29 is 14.5 Å². The molecule has 3 aliphatic rings. The van der Waals surface area contributed by atoms with Gasteiger partial charge in [-0.05, 0) is 32.3 Å². The molecule has 0 unspecified atom stereocenters. The van der Waals surface area contributed by atoms with Gasteiger partial charge >= 0.3 is 0 Å². The molecule has 0 aliphatic carbocycles. The number of nitro benzene ring substituents is 1. The van der Waals surface area contributed by atoms with E-state index in [9.17, 15) is 14.9 Å². The molecule has 0 spiro atoms. The van der Waals surface area contributed by atoms with Crippen molar-refractivity contribution in [3.8, 4) is 0 Å². The monoisotopic (exact) mass is 466 g/mol. The van der Waals surface area contributed by atoms with Crippen LogP contribution in [0.3, 0.4) is 0 Å². The molecule has 0 saturated carbocycles. The molecule has 4 heterocycles. The number of benzene rings is 1. The Morgan fingerprint density at radius 2 is 1.79 bits per heavy atom. The predicted molar refractivity (Wildman–Crippen MR) is 127 cm³/mol. The van der Waals surface area contributed by atoms with Crippen molar-refractivity contribution >= 4 is 23.4 Å².